The molecule has 3 rings (SSSR count). The van der Waals surface area contributed by atoms with E-state index in [1.54, 1.807) is 12.1 Å². The minimum atomic E-state index is 0.0688. The number of Topliss-reactive ketones (excluding diaryl/α,β-unsaturated/α-hetero) is 1. The van der Waals surface area contributed by atoms with Gasteiger partial charge in [0.15, 0.2) is 5.78 Å². The van der Waals surface area contributed by atoms with Crippen LogP contribution >= 0.6 is 11.6 Å². The van der Waals surface area contributed by atoms with Crippen LogP contribution in [-0.4, -0.2) is 11.9 Å². The molecule has 3 heteroatoms. The molecule has 0 bridgehead atoms. The fourth-order valence-electron chi connectivity index (χ4n) is 3.27. The topological polar surface area (TPSA) is 26.3 Å². The van der Waals surface area contributed by atoms with Crippen LogP contribution in [0.5, 0.6) is 5.75 Å². The molecule has 0 aromatic heterocycles. The number of ether oxygens (including phenoxy) is 1. The van der Waals surface area contributed by atoms with Gasteiger partial charge in [-0.25, -0.2) is 0 Å². The fourth-order valence-corrected chi connectivity index (χ4v) is 3.44. The number of hydrogen-bond acceptors (Lipinski definition) is 2. The van der Waals surface area contributed by atoms with Crippen LogP contribution in [-0.2, 0) is 0 Å². The van der Waals surface area contributed by atoms with Gasteiger partial charge in [-0.1, -0.05) is 37.3 Å². The van der Waals surface area contributed by atoms with Crippen LogP contribution in [0.2, 0.25) is 5.02 Å². The van der Waals surface area contributed by atoms with Crippen molar-refractivity contribution in [1.82, 2.24) is 0 Å². The lowest BCUT2D eigenvalue weighted by Crippen LogP contribution is -2.33. The first-order valence-corrected chi connectivity index (χ1v) is 7.61. The largest absolute Gasteiger partial charge is 0.489 e. The molecule has 2 nitrogen and oxygen atoms in total. The van der Waals surface area contributed by atoms with Gasteiger partial charge in [0.05, 0.1) is 5.56 Å². The number of hydrogen-bond donors (Lipinski definition) is 0. The molecule has 0 N–H and O–H groups in total. The third-order valence-corrected chi connectivity index (χ3v) is 4.57. The van der Waals surface area contributed by atoms with Crippen LogP contribution in [0.4, 0.5) is 0 Å². The highest BCUT2D eigenvalue weighted by Crippen LogP contribution is 2.36. The maximum absolute atomic E-state index is 12.2. The molecule has 2 aliphatic rings. The predicted octanol–water partition coefficient (Wildman–Crippen LogP) is 4.64. The predicted molar refractivity (Wildman–Crippen MR) is 76.0 cm³/mol. The summed E-state index contributed by atoms with van der Waals surface area (Å²) in [4.78, 5) is 12.2. The molecule has 0 radical (unpaired) electrons. The quantitative estimate of drug-likeness (QED) is 0.699. The van der Waals surface area contributed by atoms with Crippen molar-refractivity contribution in [2.24, 2.45) is 5.92 Å². The lowest BCUT2D eigenvalue weighted by molar-refractivity contribution is 0.0703. The van der Waals surface area contributed by atoms with E-state index in [0.717, 1.165) is 5.75 Å². The van der Waals surface area contributed by atoms with Crippen molar-refractivity contribution in [2.75, 3.05) is 0 Å². The molecule has 1 aliphatic carbocycles. The van der Waals surface area contributed by atoms with Crippen molar-refractivity contribution in [1.29, 1.82) is 0 Å². The Morgan fingerprint density at radius 3 is 2.58 bits per heavy atom. The Morgan fingerprint density at radius 1 is 1.11 bits per heavy atom. The summed E-state index contributed by atoms with van der Waals surface area (Å²) in [6.45, 7) is 0. The zero-order chi connectivity index (χ0) is 13.2. The van der Waals surface area contributed by atoms with Gasteiger partial charge in [0.1, 0.15) is 11.9 Å². The summed E-state index contributed by atoms with van der Waals surface area (Å²) in [6, 6.07) is 5.35. The molecule has 1 aliphatic heterocycles. The number of halogens is 1. The van der Waals surface area contributed by atoms with E-state index in [1.807, 2.05) is 6.07 Å². The zero-order valence-corrected chi connectivity index (χ0v) is 11.8. The molecular formula is C16H19ClO2. The summed E-state index contributed by atoms with van der Waals surface area (Å²) in [5.41, 5.74) is 0.650. The normalized spacial score (nSPS) is 24.5. The number of carbonyl (C=O) groups excluding carboxylic acids is 1. The van der Waals surface area contributed by atoms with Gasteiger partial charge in [0.25, 0.3) is 0 Å². The fraction of sp³-hybridized carbons (Fsp3) is 0.562. The molecular weight excluding hydrogens is 260 g/mol. The standard InChI is InChI=1S/C16H19ClO2/c17-12-7-8-15-13(9-12)14(18)10-16(19-15)11-5-3-1-2-4-6-11/h7-9,11,16H,1-6,10H2. The summed E-state index contributed by atoms with van der Waals surface area (Å²) in [5, 5.41) is 0.601. The highest BCUT2D eigenvalue weighted by atomic mass is 35.5. The van der Waals surface area contributed by atoms with Crippen LogP contribution in [0.15, 0.2) is 18.2 Å². The van der Waals surface area contributed by atoms with E-state index in [4.69, 9.17) is 16.3 Å². The maximum atomic E-state index is 12.2. The Morgan fingerprint density at radius 2 is 1.84 bits per heavy atom. The summed E-state index contributed by atoms with van der Waals surface area (Å²) >= 11 is 5.94. The first-order chi connectivity index (χ1) is 9.24. The smallest absolute Gasteiger partial charge is 0.170 e. The zero-order valence-electron chi connectivity index (χ0n) is 11.0. The molecule has 1 heterocycles. The summed E-state index contributed by atoms with van der Waals surface area (Å²) in [7, 11) is 0. The molecule has 1 saturated carbocycles. The third kappa shape index (κ3) is 2.79. The molecule has 1 unspecified atom stereocenters. The Kier molecular flexibility index (Phi) is 3.79. The van der Waals surface area contributed by atoms with Gasteiger partial charge in [-0.05, 0) is 37.0 Å². The van der Waals surface area contributed by atoms with E-state index in [1.165, 1.54) is 38.5 Å². The van der Waals surface area contributed by atoms with Crippen LogP contribution in [0.3, 0.4) is 0 Å². The second-order valence-electron chi connectivity index (χ2n) is 5.68. The van der Waals surface area contributed by atoms with E-state index in [2.05, 4.69) is 0 Å². The van der Waals surface area contributed by atoms with E-state index in [9.17, 15) is 4.79 Å². The van der Waals surface area contributed by atoms with Gasteiger partial charge >= 0.3 is 0 Å². The second kappa shape index (κ2) is 5.54. The molecule has 19 heavy (non-hydrogen) atoms. The highest BCUT2D eigenvalue weighted by molar-refractivity contribution is 6.31. The molecule has 1 aromatic rings. The van der Waals surface area contributed by atoms with E-state index in [-0.39, 0.29) is 11.9 Å². The highest BCUT2D eigenvalue weighted by Gasteiger charge is 2.32. The minimum Gasteiger partial charge on any atom is -0.489 e. The van der Waals surface area contributed by atoms with Gasteiger partial charge < -0.3 is 4.74 Å². The van der Waals surface area contributed by atoms with Crippen LogP contribution in [0.25, 0.3) is 0 Å². The van der Waals surface area contributed by atoms with Gasteiger partial charge in [0, 0.05) is 11.4 Å². The SMILES string of the molecule is O=C1CC(C2CCCCCC2)Oc2ccc(Cl)cc21. The second-order valence-corrected chi connectivity index (χ2v) is 6.11. The van der Waals surface area contributed by atoms with Crippen molar-refractivity contribution in [3.63, 3.8) is 0 Å². The van der Waals surface area contributed by atoms with E-state index >= 15 is 0 Å². The van der Waals surface area contributed by atoms with Gasteiger partial charge in [-0.2, -0.15) is 0 Å². The Hall–Kier alpha value is -1.02. The van der Waals surface area contributed by atoms with E-state index < -0.39 is 0 Å². The Bertz CT molecular complexity index is 476. The molecule has 0 spiro atoms. The van der Waals surface area contributed by atoms with E-state index in [0.29, 0.717) is 22.9 Å². The first-order valence-electron chi connectivity index (χ1n) is 7.23. The Balaban J connectivity index is 1.80. The summed E-state index contributed by atoms with van der Waals surface area (Å²) < 4.78 is 6.07. The molecule has 1 fully saturated rings. The van der Waals surface area contributed by atoms with Crippen molar-refractivity contribution >= 4 is 17.4 Å². The first kappa shape index (κ1) is 13.0. The van der Waals surface area contributed by atoms with Gasteiger partial charge in [-0.15, -0.1) is 0 Å². The van der Waals surface area contributed by atoms with Gasteiger partial charge in [-0.3, -0.25) is 4.79 Å². The molecule has 0 amide bonds. The monoisotopic (exact) mass is 278 g/mol. The number of carbonyl (C=O) groups is 1. The number of ketones is 1. The van der Waals surface area contributed by atoms with Crippen LogP contribution in [0.1, 0.15) is 55.3 Å². The van der Waals surface area contributed by atoms with Crippen molar-refractivity contribution in [3.8, 4) is 5.75 Å². The lowest BCUT2D eigenvalue weighted by atomic mass is 9.87. The maximum Gasteiger partial charge on any atom is 0.170 e. The average molecular weight is 279 g/mol. The van der Waals surface area contributed by atoms with Crippen molar-refractivity contribution < 1.29 is 9.53 Å². The van der Waals surface area contributed by atoms with Crippen LogP contribution in [0, 0.1) is 5.92 Å². The number of rotatable bonds is 1. The molecule has 1 aromatic carbocycles. The van der Waals surface area contributed by atoms with Crippen molar-refractivity contribution in [2.45, 2.75) is 51.0 Å². The average Bonchev–Trinajstić information content (AvgIpc) is 2.68. The molecule has 1 atom stereocenters. The van der Waals surface area contributed by atoms with Gasteiger partial charge in [0.2, 0.25) is 0 Å². The Labute approximate surface area is 119 Å². The van der Waals surface area contributed by atoms with Crippen LogP contribution < -0.4 is 4.74 Å². The molecule has 0 saturated heterocycles. The lowest BCUT2D eigenvalue weighted by Gasteiger charge is -2.31. The van der Waals surface area contributed by atoms with Crippen molar-refractivity contribution in [3.05, 3.63) is 28.8 Å². The number of benzene rings is 1. The molecule has 102 valence electrons. The summed E-state index contributed by atoms with van der Waals surface area (Å²) in [6.07, 6.45) is 8.16. The third-order valence-electron chi connectivity index (χ3n) is 4.33. The minimum absolute atomic E-state index is 0.0688. The number of fused-ring (bicyclic) bond motifs is 1. The summed E-state index contributed by atoms with van der Waals surface area (Å²) in [5.74, 6) is 1.43.